The van der Waals surface area contributed by atoms with Crippen molar-refractivity contribution < 1.29 is 14.3 Å². The number of aldehydes is 1. The molecule has 3 heteroatoms. The molecular weight excluding hydrogens is 156 g/mol. The fourth-order valence-electron chi connectivity index (χ4n) is 0.842. The summed E-state index contributed by atoms with van der Waals surface area (Å²) in [6.45, 7) is 2.57. The molecule has 0 aliphatic heterocycles. The average molecular weight is 172 g/mol. The number of hydrogen-bond donors (Lipinski definition) is 0. The number of unbranched alkanes of at least 4 members (excludes halogenated alkanes) is 3. The Morgan fingerprint density at radius 2 is 2.08 bits per heavy atom. The second-order valence-electron chi connectivity index (χ2n) is 2.65. The van der Waals surface area contributed by atoms with Gasteiger partial charge in [0.05, 0.1) is 6.61 Å². The monoisotopic (exact) mass is 172 g/mol. The molecule has 0 aromatic carbocycles. The third-order valence-corrected chi connectivity index (χ3v) is 1.51. The van der Waals surface area contributed by atoms with Crippen molar-refractivity contribution in [3.05, 3.63) is 0 Å². The maximum Gasteiger partial charge on any atom is 0.313 e. The summed E-state index contributed by atoms with van der Waals surface area (Å²) in [7, 11) is 0. The first-order valence-electron chi connectivity index (χ1n) is 4.40. The standard InChI is InChI=1S/C9H16O3/c1-2-3-4-5-8-12-9(11)6-7-10/h7H,2-6,8H2,1H3. The van der Waals surface area contributed by atoms with E-state index in [1.807, 2.05) is 0 Å². The van der Waals surface area contributed by atoms with E-state index in [-0.39, 0.29) is 6.42 Å². The number of carbonyl (C=O) groups excluding carboxylic acids is 2. The van der Waals surface area contributed by atoms with E-state index in [1.165, 1.54) is 12.8 Å². The third kappa shape index (κ3) is 7.25. The van der Waals surface area contributed by atoms with Gasteiger partial charge in [0.25, 0.3) is 0 Å². The van der Waals surface area contributed by atoms with Crippen molar-refractivity contribution in [1.82, 2.24) is 0 Å². The molecule has 0 saturated carbocycles. The highest BCUT2D eigenvalue weighted by molar-refractivity contribution is 5.83. The molecule has 0 aromatic heterocycles. The van der Waals surface area contributed by atoms with Crippen LogP contribution in [0.25, 0.3) is 0 Å². The third-order valence-electron chi connectivity index (χ3n) is 1.51. The highest BCUT2D eigenvalue weighted by atomic mass is 16.5. The quantitative estimate of drug-likeness (QED) is 0.254. The van der Waals surface area contributed by atoms with E-state index < -0.39 is 5.97 Å². The zero-order chi connectivity index (χ0) is 9.23. The van der Waals surface area contributed by atoms with Gasteiger partial charge in [0.15, 0.2) is 0 Å². The normalized spacial score (nSPS) is 9.42. The minimum atomic E-state index is -0.415. The molecule has 0 spiro atoms. The van der Waals surface area contributed by atoms with Crippen molar-refractivity contribution >= 4 is 12.3 Å². The van der Waals surface area contributed by atoms with Crippen LogP contribution in [0.4, 0.5) is 0 Å². The largest absolute Gasteiger partial charge is 0.465 e. The lowest BCUT2D eigenvalue weighted by Crippen LogP contribution is -2.05. The fraction of sp³-hybridized carbons (Fsp3) is 0.778. The number of carbonyl (C=O) groups is 2. The molecular formula is C9H16O3. The van der Waals surface area contributed by atoms with E-state index in [0.29, 0.717) is 12.9 Å². The van der Waals surface area contributed by atoms with Crippen LogP contribution in [0, 0.1) is 0 Å². The van der Waals surface area contributed by atoms with Gasteiger partial charge in [0, 0.05) is 0 Å². The van der Waals surface area contributed by atoms with Gasteiger partial charge in [-0.25, -0.2) is 0 Å². The van der Waals surface area contributed by atoms with Crippen LogP contribution in [0.1, 0.15) is 39.0 Å². The Labute approximate surface area is 73.1 Å². The Hall–Kier alpha value is -0.860. The van der Waals surface area contributed by atoms with Crippen molar-refractivity contribution in [3.63, 3.8) is 0 Å². The topological polar surface area (TPSA) is 43.4 Å². The average Bonchev–Trinajstić information content (AvgIpc) is 2.05. The molecule has 12 heavy (non-hydrogen) atoms. The summed E-state index contributed by atoms with van der Waals surface area (Å²) in [4.78, 5) is 20.5. The van der Waals surface area contributed by atoms with Crippen LogP contribution in [0.2, 0.25) is 0 Å². The van der Waals surface area contributed by atoms with Crippen LogP contribution in [0.15, 0.2) is 0 Å². The summed E-state index contributed by atoms with van der Waals surface area (Å²) in [6, 6.07) is 0. The lowest BCUT2D eigenvalue weighted by molar-refractivity contribution is -0.144. The molecule has 0 aliphatic carbocycles. The first kappa shape index (κ1) is 11.1. The smallest absolute Gasteiger partial charge is 0.313 e. The predicted molar refractivity (Wildman–Crippen MR) is 45.8 cm³/mol. The fourth-order valence-corrected chi connectivity index (χ4v) is 0.842. The van der Waals surface area contributed by atoms with Crippen molar-refractivity contribution in [2.24, 2.45) is 0 Å². The predicted octanol–water partition coefficient (Wildman–Crippen LogP) is 1.70. The molecule has 0 saturated heterocycles. The van der Waals surface area contributed by atoms with Gasteiger partial charge in [0.1, 0.15) is 12.7 Å². The Balaban J connectivity index is 3.08. The first-order valence-corrected chi connectivity index (χ1v) is 4.40. The molecule has 0 rings (SSSR count). The van der Waals surface area contributed by atoms with E-state index in [4.69, 9.17) is 4.74 Å². The minimum Gasteiger partial charge on any atom is -0.465 e. The van der Waals surface area contributed by atoms with Crippen molar-refractivity contribution in [1.29, 1.82) is 0 Å². The van der Waals surface area contributed by atoms with Gasteiger partial charge >= 0.3 is 5.97 Å². The molecule has 0 unspecified atom stereocenters. The summed E-state index contributed by atoms with van der Waals surface area (Å²) >= 11 is 0. The summed E-state index contributed by atoms with van der Waals surface area (Å²) in [5, 5.41) is 0. The van der Waals surface area contributed by atoms with Crippen LogP contribution in [0.3, 0.4) is 0 Å². The van der Waals surface area contributed by atoms with Crippen LogP contribution in [0.5, 0.6) is 0 Å². The maximum atomic E-state index is 10.6. The molecule has 0 radical (unpaired) electrons. The molecule has 0 heterocycles. The lowest BCUT2D eigenvalue weighted by Gasteiger charge is -2.01. The summed E-state index contributed by atoms with van der Waals surface area (Å²) in [5.74, 6) is -0.415. The van der Waals surface area contributed by atoms with E-state index in [9.17, 15) is 9.59 Å². The van der Waals surface area contributed by atoms with E-state index in [1.54, 1.807) is 0 Å². The van der Waals surface area contributed by atoms with Gasteiger partial charge < -0.3 is 9.53 Å². The van der Waals surface area contributed by atoms with Gasteiger partial charge in [-0.3, -0.25) is 4.79 Å². The molecule has 3 nitrogen and oxygen atoms in total. The summed E-state index contributed by atoms with van der Waals surface area (Å²) in [6.07, 6.45) is 4.78. The Morgan fingerprint density at radius 1 is 1.33 bits per heavy atom. The second-order valence-corrected chi connectivity index (χ2v) is 2.65. The minimum absolute atomic E-state index is 0.117. The Kier molecular flexibility index (Phi) is 7.65. The molecule has 0 aliphatic rings. The van der Waals surface area contributed by atoms with Crippen molar-refractivity contribution in [2.45, 2.75) is 39.0 Å². The molecule has 0 N–H and O–H groups in total. The van der Waals surface area contributed by atoms with E-state index in [0.717, 1.165) is 12.8 Å². The van der Waals surface area contributed by atoms with Crippen LogP contribution in [-0.4, -0.2) is 18.9 Å². The highest BCUT2D eigenvalue weighted by Crippen LogP contribution is 1.99. The highest BCUT2D eigenvalue weighted by Gasteiger charge is 1.99. The van der Waals surface area contributed by atoms with Crippen LogP contribution < -0.4 is 0 Å². The van der Waals surface area contributed by atoms with Gasteiger partial charge in [0.2, 0.25) is 0 Å². The molecule has 0 bridgehead atoms. The SMILES string of the molecule is CCCCCCOC(=O)CC=O. The Bertz CT molecular complexity index is 132. The molecule has 0 atom stereocenters. The molecule has 0 amide bonds. The van der Waals surface area contributed by atoms with Crippen LogP contribution in [-0.2, 0) is 14.3 Å². The van der Waals surface area contributed by atoms with Gasteiger partial charge in [-0.1, -0.05) is 26.2 Å². The molecule has 0 aromatic rings. The first-order chi connectivity index (χ1) is 5.81. The molecule has 70 valence electrons. The van der Waals surface area contributed by atoms with Gasteiger partial charge in [-0.2, -0.15) is 0 Å². The van der Waals surface area contributed by atoms with Crippen LogP contribution >= 0.6 is 0 Å². The number of hydrogen-bond acceptors (Lipinski definition) is 3. The van der Waals surface area contributed by atoms with Crippen molar-refractivity contribution in [3.8, 4) is 0 Å². The number of ether oxygens (including phenoxy) is 1. The second kappa shape index (κ2) is 8.24. The number of esters is 1. The van der Waals surface area contributed by atoms with E-state index in [2.05, 4.69) is 6.92 Å². The summed E-state index contributed by atoms with van der Waals surface area (Å²) < 4.78 is 4.76. The zero-order valence-corrected chi connectivity index (χ0v) is 7.54. The van der Waals surface area contributed by atoms with Crippen molar-refractivity contribution in [2.75, 3.05) is 6.61 Å². The summed E-state index contributed by atoms with van der Waals surface area (Å²) in [5.41, 5.74) is 0. The Morgan fingerprint density at radius 3 is 2.67 bits per heavy atom. The lowest BCUT2D eigenvalue weighted by atomic mass is 10.2. The van der Waals surface area contributed by atoms with Gasteiger partial charge in [-0.15, -0.1) is 0 Å². The van der Waals surface area contributed by atoms with E-state index >= 15 is 0 Å². The zero-order valence-electron chi connectivity index (χ0n) is 7.54. The maximum absolute atomic E-state index is 10.6. The molecule has 0 fully saturated rings. The number of rotatable bonds is 7. The van der Waals surface area contributed by atoms with Gasteiger partial charge in [-0.05, 0) is 6.42 Å².